The molecular formula is C45H74O17. The van der Waals surface area contributed by atoms with Crippen molar-refractivity contribution < 1.29 is 83.9 Å². The maximum Gasteiger partial charge on any atom is 0.187 e. The molecule has 356 valence electrons. The van der Waals surface area contributed by atoms with Crippen molar-refractivity contribution in [2.45, 2.75) is 209 Å². The molecule has 0 aromatic heterocycles. The smallest absolute Gasteiger partial charge is 0.187 e. The number of hydrogen-bond donors (Lipinski definition) is 9. The Morgan fingerprint density at radius 1 is 0.581 bits per heavy atom. The Morgan fingerprint density at radius 3 is 1.95 bits per heavy atom. The van der Waals surface area contributed by atoms with Crippen LogP contribution in [-0.4, -0.2) is 176 Å². The lowest BCUT2D eigenvalue weighted by molar-refractivity contribution is -0.388. The lowest BCUT2D eigenvalue weighted by atomic mass is 9.44. The van der Waals surface area contributed by atoms with Gasteiger partial charge in [0.2, 0.25) is 0 Å². The lowest BCUT2D eigenvalue weighted by Gasteiger charge is -2.61. The maximum atomic E-state index is 11.5. The van der Waals surface area contributed by atoms with Gasteiger partial charge in [0, 0.05) is 12.3 Å². The van der Waals surface area contributed by atoms with Crippen LogP contribution in [0.25, 0.3) is 0 Å². The molecule has 0 aromatic rings. The highest BCUT2D eigenvalue weighted by Gasteiger charge is 2.69. The number of rotatable bonds is 8. The van der Waals surface area contributed by atoms with Crippen molar-refractivity contribution in [1.82, 2.24) is 0 Å². The van der Waals surface area contributed by atoms with E-state index < -0.39 is 111 Å². The monoisotopic (exact) mass is 886 g/mol. The van der Waals surface area contributed by atoms with E-state index in [-0.39, 0.29) is 23.0 Å². The Morgan fingerprint density at radius 2 is 1.24 bits per heavy atom. The first-order valence-corrected chi connectivity index (χ1v) is 23.7. The number of fused-ring (bicyclic) bond motifs is 7. The fourth-order valence-electron chi connectivity index (χ4n) is 14.6. The van der Waals surface area contributed by atoms with Crippen molar-refractivity contribution >= 4 is 0 Å². The standard InChI is InChI=1S/C45H74O17/c1-19-8-13-45(55-18-19)20(2)30-27(62-45)15-26-24-7-6-22-14-23(9-11-43(22,4)25(24)10-12-44(26,30)5)57-40-37(54)35(52)38(29(17-47)59-40)60-42-39(34(51)31(48)21(3)56-42)61-41-36(53)33(50)32(49)28(16-46)58-41/h19-42,46-54H,6-18H2,1-5H3. The molecule has 27 unspecified atom stereocenters. The van der Waals surface area contributed by atoms with Crippen LogP contribution in [-0.2, 0) is 37.9 Å². The second-order valence-corrected chi connectivity index (χ2v) is 21.5. The summed E-state index contributed by atoms with van der Waals surface area (Å²) in [4.78, 5) is 0. The molecule has 62 heavy (non-hydrogen) atoms. The van der Waals surface area contributed by atoms with Gasteiger partial charge in [-0.05, 0) is 111 Å². The molecule has 9 aliphatic rings. The third kappa shape index (κ3) is 7.56. The quantitative estimate of drug-likeness (QED) is 0.149. The Labute approximate surface area is 364 Å². The zero-order chi connectivity index (χ0) is 44.2. The predicted octanol–water partition coefficient (Wildman–Crippen LogP) is 0.294. The van der Waals surface area contributed by atoms with Crippen LogP contribution in [0.5, 0.6) is 0 Å². The minimum atomic E-state index is -1.84. The Hall–Kier alpha value is -0.680. The molecule has 4 saturated carbocycles. The van der Waals surface area contributed by atoms with Gasteiger partial charge in [-0.1, -0.05) is 27.7 Å². The van der Waals surface area contributed by atoms with Gasteiger partial charge >= 0.3 is 0 Å². The van der Waals surface area contributed by atoms with Crippen LogP contribution in [0.3, 0.4) is 0 Å². The fraction of sp³-hybridized carbons (Fsp3) is 1.00. The van der Waals surface area contributed by atoms with Gasteiger partial charge < -0.3 is 83.9 Å². The Balaban J connectivity index is 0.828. The fourth-order valence-corrected chi connectivity index (χ4v) is 14.6. The van der Waals surface area contributed by atoms with E-state index in [2.05, 4.69) is 27.7 Å². The third-order valence-corrected chi connectivity index (χ3v) is 18.2. The summed E-state index contributed by atoms with van der Waals surface area (Å²) in [5.41, 5.74) is 0.394. The normalized spacial score (nSPS) is 58.9. The highest BCUT2D eigenvalue weighted by molar-refractivity contribution is 5.15. The summed E-state index contributed by atoms with van der Waals surface area (Å²) in [5.74, 6) is 3.39. The van der Waals surface area contributed by atoms with Crippen LogP contribution in [0.2, 0.25) is 0 Å². The van der Waals surface area contributed by atoms with Gasteiger partial charge in [-0.25, -0.2) is 0 Å². The van der Waals surface area contributed by atoms with Crippen LogP contribution in [0.4, 0.5) is 0 Å². The molecule has 4 aliphatic carbocycles. The van der Waals surface area contributed by atoms with Crippen molar-refractivity contribution in [3.63, 3.8) is 0 Å². The molecule has 27 atom stereocenters. The number of aliphatic hydroxyl groups is 9. The van der Waals surface area contributed by atoms with E-state index in [0.717, 1.165) is 51.6 Å². The average Bonchev–Trinajstić information content (AvgIpc) is 3.70. The predicted molar refractivity (Wildman–Crippen MR) is 214 cm³/mol. The molecule has 1 spiro atoms. The molecule has 17 heteroatoms. The van der Waals surface area contributed by atoms with E-state index >= 15 is 0 Å². The molecule has 5 saturated heterocycles. The van der Waals surface area contributed by atoms with E-state index in [0.29, 0.717) is 41.4 Å². The van der Waals surface area contributed by atoms with Gasteiger partial charge in [-0.3, -0.25) is 0 Å². The molecule has 5 aliphatic heterocycles. The molecule has 0 amide bonds. The molecule has 9 N–H and O–H groups in total. The highest BCUT2D eigenvalue weighted by atomic mass is 16.8. The van der Waals surface area contributed by atoms with Crippen LogP contribution < -0.4 is 0 Å². The zero-order valence-corrected chi connectivity index (χ0v) is 36.8. The van der Waals surface area contributed by atoms with E-state index in [1.807, 2.05) is 0 Å². The molecular weight excluding hydrogens is 812 g/mol. The second-order valence-electron chi connectivity index (χ2n) is 21.5. The van der Waals surface area contributed by atoms with Crippen LogP contribution in [0.15, 0.2) is 0 Å². The average molecular weight is 887 g/mol. The summed E-state index contributed by atoms with van der Waals surface area (Å²) >= 11 is 0. The van der Waals surface area contributed by atoms with Crippen molar-refractivity contribution in [1.29, 1.82) is 0 Å². The van der Waals surface area contributed by atoms with Gasteiger partial charge in [0.1, 0.15) is 67.1 Å². The van der Waals surface area contributed by atoms with E-state index in [4.69, 9.17) is 37.9 Å². The van der Waals surface area contributed by atoms with E-state index in [1.54, 1.807) is 0 Å². The van der Waals surface area contributed by atoms with Gasteiger partial charge in [0.15, 0.2) is 24.7 Å². The number of hydrogen-bond acceptors (Lipinski definition) is 17. The van der Waals surface area contributed by atoms with Gasteiger partial charge in [0.05, 0.1) is 38.1 Å². The van der Waals surface area contributed by atoms with Crippen molar-refractivity contribution in [3.8, 4) is 0 Å². The lowest BCUT2D eigenvalue weighted by Crippen LogP contribution is -2.66. The summed E-state index contributed by atoms with van der Waals surface area (Å²) in [6.07, 6.45) is -12.5. The molecule has 9 fully saturated rings. The van der Waals surface area contributed by atoms with Crippen LogP contribution in [0.1, 0.15) is 98.8 Å². The number of aliphatic hydroxyl groups excluding tert-OH is 9. The SMILES string of the molecule is CC1CCC2(OC1)OC1CC3C4CCC5CC(OC6OC(CO)C(OC7OC(C)C(O)C(O)C7OC7OC(CO)C(O)C(O)C7O)C(O)C6O)CCC5(C)C4CCC3(C)C1C2C. The van der Waals surface area contributed by atoms with Crippen LogP contribution >= 0.6 is 0 Å². The third-order valence-electron chi connectivity index (χ3n) is 18.2. The largest absolute Gasteiger partial charge is 0.394 e. The first kappa shape index (κ1) is 46.4. The van der Waals surface area contributed by atoms with Crippen LogP contribution in [0, 0.1) is 52.3 Å². The van der Waals surface area contributed by atoms with Crippen molar-refractivity contribution in [3.05, 3.63) is 0 Å². The van der Waals surface area contributed by atoms with Crippen molar-refractivity contribution in [2.75, 3.05) is 19.8 Å². The Kier molecular flexibility index (Phi) is 13.1. The van der Waals surface area contributed by atoms with E-state index in [9.17, 15) is 46.0 Å². The first-order chi connectivity index (χ1) is 29.4. The van der Waals surface area contributed by atoms with E-state index in [1.165, 1.54) is 26.2 Å². The first-order valence-electron chi connectivity index (χ1n) is 23.7. The van der Waals surface area contributed by atoms with Gasteiger partial charge in [0.25, 0.3) is 0 Å². The molecule has 17 nitrogen and oxygen atoms in total. The maximum absolute atomic E-state index is 11.5. The summed E-state index contributed by atoms with van der Waals surface area (Å²) in [7, 11) is 0. The summed E-state index contributed by atoms with van der Waals surface area (Å²) in [6.45, 7) is 10.6. The highest BCUT2D eigenvalue weighted by Crippen LogP contribution is 2.71. The zero-order valence-electron chi connectivity index (χ0n) is 36.8. The van der Waals surface area contributed by atoms with Crippen molar-refractivity contribution in [2.24, 2.45) is 52.3 Å². The molecule has 0 aromatic carbocycles. The molecule has 0 bridgehead atoms. The summed E-state index contributed by atoms with van der Waals surface area (Å²) in [5, 5.41) is 96.0. The minimum Gasteiger partial charge on any atom is -0.394 e. The molecule has 5 heterocycles. The Bertz CT molecular complexity index is 1550. The summed E-state index contributed by atoms with van der Waals surface area (Å²) in [6, 6.07) is 0. The number of ether oxygens (including phenoxy) is 8. The van der Waals surface area contributed by atoms with Gasteiger partial charge in [-0.2, -0.15) is 0 Å². The molecule has 0 radical (unpaired) electrons. The van der Waals surface area contributed by atoms with Gasteiger partial charge in [-0.15, -0.1) is 0 Å². The minimum absolute atomic E-state index is 0.153. The summed E-state index contributed by atoms with van der Waals surface area (Å²) < 4.78 is 49.3. The topological polar surface area (TPSA) is 256 Å². The second kappa shape index (κ2) is 17.4. The molecule has 9 rings (SSSR count).